The first-order chi connectivity index (χ1) is 10.5. The maximum absolute atomic E-state index is 12.3. The average Bonchev–Trinajstić information content (AvgIpc) is 2.46. The summed E-state index contributed by atoms with van der Waals surface area (Å²) in [7, 11) is 0. The molecule has 0 aliphatic rings. The van der Waals surface area contributed by atoms with Gasteiger partial charge in [0.15, 0.2) is 5.16 Å². The molecule has 1 atom stereocenters. The van der Waals surface area contributed by atoms with Gasteiger partial charge in [0, 0.05) is 6.07 Å². The maximum Gasteiger partial charge on any atom is 0.253 e. The Bertz CT molecular complexity index is 735. The summed E-state index contributed by atoms with van der Waals surface area (Å²) in [4.78, 5) is 30.3. The molecule has 1 aromatic carbocycles. The predicted octanol–water partition coefficient (Wildman–Crippen LogP) is 2.51. The number of thioether (sulfide) groups is 1. The molecule has 1 amide bonds. The first-order valence-corrected chi connectivity index (χ1v) is 7.84. The standard InChI is InChI=1S/C14H15ClN4O2S/c1-2-10(22-14-18-11(16)7-12(20)19-14)13(21)17-9-6-4-3-5-8(9)15/h3-7,10H,2H2,1H3,(H,17,21)(H3,16,18,19,20). The lowest BCUT2D eigenvalue weighted by Gasteiger charge is -2.14. The number of anilines is 2. The minimum Gasteiger partial charge on any atom is -0.383 e. The number of nitrogens with zero attached hydrogens (tertiary/aromatic N) is 1. The molecule has 6 nitrogen and oxygen atoms in total. The number of nitrogen functional groups attached to an aromatic ring is 1. The van der Waals surface area contributed by atoms with Crippen LogP contribution in [0.1, 0.15) is 13.3 Å². The van der Waals surface area contributed by atoms with Crippen LogP contribution >= 0.6 is 23.4 Å². The number of carbonyl (C=O) groups is 1. The van der Waals surface area contributed by atoms with E-state index in [4.69, 9.17) is 17.3 Å². The van der Waals surface area contributed by atoms with Gasteiger partial charge in [-0.3, -0.25) is 9.59 Å². The molecule has 0 bridgehead atoms. The van der Waals surface area contributed by atoms with Crippen LogP contribution in [0.3, 0.4) is 0 Å². The second-order valence-corrected chi connectivity index (χ2v) is 6.06. The van der Waals surface area contributed by atoms with E-state index in [1.807, 2.05) is 6.92 Å². The first kappa shape index (κ1) is 16.4. The number of hydrogen-bond donors (Lipinski definition) is 3. The topological polar surface area (TPSA) is 101 Å². The fourth-order valence-corrected chi connectivity index (χ4v) is 2.84. The summed E-state index contributed by atoms with van der Waals surface area (Å²) in [6.07, 6.45) is 0.555. The summed E-state index contributed by atoms with van der Waals surface area (Å²) in [5.74, 6) is -0.0988. The molecule has 1 heterocycles. The van der Waals surface area contributed by atoms with Crippen LogP contribution in [0.4, 0.5) is 11.5 Å². The number of amides is 1. The molecule has 1 unspecified atom stereocenters. The number of para-hydroxylation sites is 1. The third kappa shape index (κ3) is 4.25. The zero-order valence-corrected chi connectivity index (χ0v) is 13.4. The number of H-pyrrole nitrogens is 1. The molecule has 4 N–H and O–H groups in total. The van der Waals surface area contributed by atoms with Crippen LogP contribution in [0.5, 0.6) is 0 Å². The lowest BCUT2D eigenvalue weighted by Crippen LogP contribution is -2.25. The van der Waals surface area contributed by atoms with E-state index in [9.17, 15) is 9.59 Å². The van der Waals surface area contributed by atoms with Crippen molar-refractivity contribution in [3.8, 4) is 0 Å². The molecule has 0 fully saturated rings. The average molecular weight is 339 g/mol. The summed E-state index contributed by atoms with van der Waals surface area (Å²) in [5, 5.41) is 3.11. The highest BCUT2D eigenvalue weighted by Crippen LogP contribution is 2.25. The van der Waals surface area contributed by atoms with Crippen molar-refractivity contribution < 1.29 is 4.79 Å². The second kappa shape index (κ2) is 7.33. The maximum atomic E-state index is 12.3. The van der Waals surface area contributed by atoms with Gasteiger partial charge in [0.05, 0.1) is 16.0 Å². The van der Waals surface area contributed by atoms with E-state index in [0.29, 0.717) is 22.3 Å². The fourth-order valence-electron chi connectivity index (χ4n) is 1.74. The lowest BCUT2D eigenvalue weighted by molar-refractivity contribution is -0.115. The molecule has 0 aliphatic heterocycles. The predicted molar refractivity (Wildman–Crippen MR) is 89.3 cm³/mol. The summed E-state index contributed by atoms with van der Waals surface area (Å²) in [5.41, 5.74) is 5.73. The Morgan fingerprint density at radius 1 is 1.50 bits per heavy atom. The zero-order valence-electron chi connectivity index (χ0n) is 11.8. The molecule has 2 aromatic rings. The third-order valence-corrected chi connectivity index (χ3v) is 4.37. The van der Waals surface area contributed by atoms with Crippen LogP contribution in [0.2, 0.25) is 5.02 Å². The van der Waals surface area contributed by atoms with Gasteiger partial charge in [0.1, 0.15) is 5.82 Å². The molecular weight excluding hydrogens is 324 g/mol. The van der Waals surface area contributed by atoms with Crippen molar-refractivity contribution >= 4 is 40.8 Å². The van der Waals surface area contributed by atoms with E-state index in [-0.39, 0.29) is 17.3 Å². The van der Waals surface area contributed by atoms with Crippen LogP contribution in [-0.4, -0.2) is 21.1 Å². The monoisotopic (exact) mass is 338 g/mol. The van der Waals surface area contributed by atoms with Gasteiger partial charge in [-0.15, -0.1) is 0 Å². The Kier molecular flexibility index (Phi) is 5.46. The van der Waals surface area contributed by atoms with Crippen molar-refractivity contribution in [3.63, 3.8) is 0 Å². The Balaban J connectivity index is 2.12. The van der Waals surface area contributed by atoms with Crippen molar-refractivity contribution in [3.05, 3.63) is 45.7 Å². The molecule has 116 valence electrons. The molecule has 1 aromatic heterocycles. The van der Waals surface area contributed by atoms with Crippen LogP contribution in [0, 0.1) is 0 Å². The number of benzene rings is 1. The molecule has 0 spiro atoms. The van der Waals surface area contributed by atoms with Crippen LogP contribution in [-0.2, 0) is 4.79 Å². The highest BCUT2D eigenvalue weighted by Gasteiger charge is 2.20. The molecule has 0 radical (unpaired) electrons. The van der Waals surface area contributed by atoms with Gasteiger partial charge in [0.2, 0.25) is 5.91 Å². The first-order valence-electron chi connectivity index (χ1n) is 6.58. The SMILES string of the molecule is CCC(Sc1nc(N)cc(=O)[nH]1)C(=O)Nc1ccccc1Cl. The van der Waals surface area contributed by atoms with Gasteiger partial charge < -0.3 is 16.0 Å². The third-order valence-electron chi connectivity index (χ3n) is 2.79. The summed E-state index contributed by atoms with van der Waals surface area (Å²) in [6, 6.07) is 8.17. The number of aromatic amines is 1. The van der Waals surface area contributed by atoms with Crippen LogP contribution in [0.25, 0.3) is 0 Å². The Labute approximate surface area is 136 Å². The largest absolute Gasteiger partial charge is 0.383 e. The smallest absolute Gasteiger partial charge is 0.253 e. The quantitative estimate of drug-likeness (QED) is 0.574. The van der Waals surface area contributed by atoms with Crippen molar-refractivity contribution in [2.45, 2.75) is 23.8 Å². The van der Waals surface area contributed by atoms with Crippen LogP contribution < -0.4 is 16.6 Å². The zero-order chi connectivity index (χ0) is 16.1. The van der Waals surface area contributed by atoms with Crippen molar-refractivity contribution in [1.82, 2.24) is 9.97 Å². The summed E-state index contributed by atoms with van der Waals surface area (Å²) in [6.45, 7) is 1.87. The van der Waals surface area contributed by atoms with Crippen molar-refractivity contribution in [2.75, 3.05) is 11.1 Å². The lowest BCUT2D eigenvalue weighted by atomic mass is 10.2. The van der Waals surface area contributed by atoms with E-state index in [1.54, 1.807) is 24.3 Å². The van der Waals surface area contributed by atoms with Gasteiger partial charge in [-0.1, -0.05) is 42.4 Å². The minimum absolute atomic E-state index is 0.118. The number of rotatable bonds is 5. The summed E-state index contributed by atoms with van der Waals surface area (Å²) < 4.78 is 0. The van der Waals surface area contributed by atoms with E-state index < -0.39 is 5.25 Å². The van der Waals surface area contributed by atoms with Gasteiger partial charge in [-0.05, 0) is 18.6 Å². The van der Waals surface area contributed by atoms with Gasteiger partial charge in [-0.25, -0.2) is 4.98 Å². The molecule has 22 heavy (non-hydrogen) atoms. The fraction of sp³-hybridized carbons (Fsp3) is 0.214. The number of hydrogen-bond acceptors (Lipinski definition) is 5. The van der Waals surface area contributed by atoms with E-state index in [2.05, 4.69) is 15.3 Å². The second-order valence-electron chi connectivity index (χ2n) is 4.46. The van der Waals surface area contributed by atoms with Crippen LogP contribution in [0.15, 0.2) is 40.3 Å². The van der Waals surface area contributed by atoms with E-state index in [1.165, 1.54) is 6.07 Å². The molecule has 0 saturated heterocycles. The normalized spacial score (nSPS) is 11.9. The van der Waals surface area contributed by atoms with Gasteiger partial charge in [0.25, 0.3) is 5.56 Å². The summed E-state index contributed by atoms with van der Waals surface area (Å²) >= 11 is 7.17. The van der Waals surface area contributed by atoms with Gasteiger partial charge in [-0.2, -0.15) is 0 Å². The Hall–Kier alpha value is -1.99. The molecule has 0 saturated carbocycles. The molecule has 2 rings (SSSR count). The molecule has 8 heteroatoms. The van der Waals surface area contributed by atoms with Crippen molar-refractivity contribution in [2.24, 2.45) is 0 Å². The molecular formula is C14H15ClN4O2S. The highest BCUT2D eigenvalue weighted by atomic mass is 35.5. The number of carbonyl (C=O) groups excluding carboxylic acids is 1. The number of halogens is 1. The Morgan fingerprint density at radius 3 is 2.86 bits per heavy atom. The number of aromatic nitrogens is 2. The molecule has 0 aliphatic carbocycles. The van der Waals surface area contributed by atoms with Gasteiger partial charge >= 0.3 is 0 Å². The van der Waals surface area contributed by atoms with Crippen molar-refractivity contribution in [1.29, 1.82) is 0 Å². The highest BCUT2D eigenvalue weighted by molar-refractivity contribution is 8.00. The Morgan fingerprint density at radius 2 is 2.23 bits per heavy atom. The van der Waals surface area contributed by atoms with E-state index >= 15 is 0 Å². The van der Waals surface area contributed by atoms with E-state index in [0.717, 1.165) is 11.8 Å². The minimum atomic E-state index is -0.429. The number of nitrogens with one attached hydrogen (secondary N) is 2. The number of nitrogens with two attached hydrogens (primary N) is 1.